The zero-order valence-corrected chi connectivity index (χ0v) is 12.9. The van der Waals surface area contributed by atoms with E-state index in [0.29, 0.717) is 13.0 Å². The number of hydrogen-bond donors (Lipinski definition) is 3. The first-order chi connectivity index (χ1) is 9.34. The molecule has 4 nitrogen and oxygen atoms in total. The lowest BCUT2D eigenvalue weighted by Crippen LogP contribution is -2.45. The summed E-state index contributed by atoms with van der Waals surface area (Å²) < 4.78 is 5.64. The SMILES string of the molecule is Cc1ccc(OCC(O)CNC(C)(C)CCO)c(C)c1. The average molecular weight is 281 g/mol. The molecule has 0 heterocycles. The van der Waals surface area contributed by atoms with Crippen LogP contribution in [-0.4, -0.2) is 41.6 Å². The van der Waals surface area contributed by atoms with Crippen LogP contribution in [-0.2, 0) is 0 Å². The third kappa shape index (κ3) is 5.90. The molecule has 3 N–H and O–H groups in total. The van der Waals surface area contributed by atoms with Crippen LogP contribution >= 0.6 is 0 Å². The summed E-state index contributed by atoms with van der Waals surface area (Å²) >= 11 is 0. The minimum Gasteiger partial charge on any atom is -0.491 e. The number of aliphatic hydroxyl groups excluding tert-OH is 2. The van der Waals surface area contributed by atoms with Gasteiger partial charge in [0.1, 0.15) is 18.5 Å². The van der Waals surface area contributed by atoms with E-state index in [-0.39, 0.29) is 18.8 Å². The second kappa shape index (κ2) is 7.62. The summed E-state index contributed by atoms with van der Waals surface area (Å²) in [5, 5.41) is 22.1. The Morgan fingerprint density at radius 2 is 2.00 bits per heavy atom. The molecule has 1 unspecified atom stereocenters. The first kappa shape index (κ1) is 17.0. The van der Waals surface area contributed by atoms with E-state index in [4.69, 9.17) is 9.84 Å². The van der Waals surface area contributed by atoms with Crippen LogP contribution in [0.3, 0.4) is 0 Å². The van der Waals surface area contributed by atoms with Crippen LogP contribution < -0.4 is 10.1 Å². The normalized spacial score (nSPS) is 13.3. The van der Waals surface area contributed by atoms with Crippen LogP contribution in [0.2, 0.25) is 0 Å². The fourth-order valence-corrected chi connectivity index (χ4v) is 1.97. The first-order valence-electron chi connectivity index (χ1n) is 7.08. The fraction of sp³-hybridized carbons (Fsp3) is 0.625. The van der Waals surface area contributed by atoms with Crippen LogP contribution in [0.4, 0.5) is 0 Å². The lowest BCUT2D eigenvalue weighted by molar-refractivity contribution is 0.0957. The highest BCUT2D eigenvalue weighted by molar-refractivity contribution is 5.35. The highest BCUT2D eigenvalue weighted by atomic mass is 16.5. The molecule has 114 valence electrons. The van der Waals surface area contributed by atoms with E-state index in [2.05, 4.69) is 11.4 Å². The molecule has 0 bridgehead atoms. The zero-order valence-electron chi connectivity index (χ0n) is 12.9. The molecule has 1 rings (SSSR count). The van der Waals surface area contributed by atoms with Gasteiger partial charge in [-0.1, -0.05) is 17.7 Å². The number of ether oxygens (including phenoxy) is 1. The molecule has 0 aliphatic carbocycles. The van der Waals surface area contributed by atoms with E-state index in [1.165, 1.54) is 5.56 Å². The molecule has 1 atom stereocenters. The van der Waals surface area contributed by atoms with Gasteiger partial charge in [-0.3, -0.25) is 0 Å². The molecule has 20 heavy (non-hydrogen) atoms. The van der Waals surface area contributed by atoms with Crippen molar-refractivity contribution in [3.63, 3.8) is 0 Å². The van der Waals surface area contributed by atoms with Crippen LogP contribution in [0, 0.1) is 13.8 Å². The summed E-state index contributed by atoms with van der Waals surface area (Å²) in [6, 6.07) is 5.99. The van der Waals surface area contributed by atoms with Crippen LogP contribution in [0.5, 0.6) is 5.75 Å². The molecule has 1 aromatic rings. The molecule has 0 aliphatic rings. The minimum absolute atomic E-state index is 0.134. The first-order valence-corrected chi connectivity index (χ1v) is 7.08. The molecular formula is C16H27NO3. The summed E-state index contributed by atoms with van der Waals surface area (Å²) in [7, 11) is 0. The average Bonchev–Trinajstić information content (AvgIpc) is 2.35. The number of benzene rings is 1. The van der Waals surface area contributed by atoms with Crippen molar-refractivity contribution in [3.05, 3.63) is 29.3 Å². The van der Waals surface area contributed by atoms with Crippen molar-refractivity contribution < 1.29 is 14.9 Å². The van der Waals surface area contributed by atoms with Gasteiger partial charge in [0.05, 0.1) is 0 Å². The van der Waals surface area contributed by atoms with E-state index in [0.717, 1.165) is 11.3 Å². The van der Waals surface area contributed by atoms with E-state index in [1.54, 1.807) is 0 Å². The Hall–Kier alpha value is -1.10. The van der Waals surface area contributed by atoms with Gasteiger partial charge in [0.2, 0.25) is 0 Å². The monoisotopic (exact) mass is 281 g/mol. The maximum Gasteiger partial charge on any atom is 0.122 e. The molecule has 1 aromatic carbocycles. The third-order valence-corrected chi connectivity index (χ3v) is 3.31. The van der Waals surface area contributed by atoms with Crippen molar-refractivity contribution in [2.75, 3.05) is 19.8 Å². The molecule has 0 aliphatic heterocycles. The van der Waals surface area contributed by atoms with E-state index < -0.39 is 6.10 Å². The fourth-order valence-electron chi connectivity index (χ4n) is 1.97. The smallest absolute Gasteiger partial charge is 0.122 e. The molecule has 0 aromatic heterocycles. The predicted molar refractivity (Wildman–Crippen MR) is 81.2 cm³/mol. The molecule has 0 amide bonds. The van der Waals surface area contributed by atoms with Crippen LogP contribution in [0.15, 0.2) is 18.2 Å². The van der Waals surface area contributed by atoms with E-state index >= 15 is 0 Å². The standard InChI is InChI=1S/C16H27NO3/c1-12-5-6-15(13(2)9-12)20-11-14(19)10-17-16(3,4)7-8-18/h5-6,9,14,17-19H,7-8,10-11H2,1-4H3. The molecule has 0 saturated carbocycles. The summed E-state index contributed by atoms with van der Waals surface area (Å²) in [6.45, 7) is 8.87. The van der Waals surface area contributed by atoms with Gasteiger partial charge in [-0.25, -0.2) is 0 Å². The highest BCUT2D eigenvalue weighted by Gasteiger charge is 2.18. The Balaban J connectivity index is 2.38. The minimum atomic E-state index is -0.575. The van der Waals surface area contributed by atoms with Crippen molar-refractivity contribution in [1.82, 2.24) is 5.32 Å². The number of β-amino-alcohol motifs (C(OH)–C–C–N with tert-alkyl or cyclic N) is 1. The van der Waals surface area contributed by atoms with Crippen molar-refractivity contribution >= 4 is 0 Å². The van der Waals surface area contributed by atoms with Crippen LogP contribution in [0.1, 0.15) is 31.4 Å². The quantitative estimate of drug-likeness (QED) is 0.680. The predicted octanol–water partition coefficient (Wildman–Crippen LogP) is 1.79. The second-order valence-corrected chi connectivity index (χ2v) is 5.97. The Bertz CT molecular complexity index is 418. The van der Waals surface area contributed by atoms with Gasteiger partial charge in [-0.2, -0.15) is 0 Å². The number of rotatable bonds is 8. The molecule has 0 saturated heterocycles. The van der Waals surface area contributed by atoms with Gasteiger partial charge >= 0.3 is 0 Å². The van der Waals surface area contributed by atoms with Gasteiger partial charge in [0, 0.05) is 18.7 Å². The van der Waals surface area contributed by atoms with Gasteiger partial charge in [-0.05, 0) is 45.7 Å². The van der Waals surface area contributed by atoms with Crippen molar-refractivity contribution in [3.8, 4) is 5.75 Å². The molecule has 0 fully saturated rings. The van der Waals surface area contributed by atoms with Crippen LogP contribution in [0.25, 0.3) is 0 Å². The number of nitrogens with one attached hydrogen (secondary N) is 1. The van der Waals surface area contributed by atoms with Gasteiger partial charge in [0.15, 0.2) is 0 Å². The topological polar surface area (TPSA) is 61.7 Å². The Labute approximate surface area is 121 Å². The summed E-state index contributed by atoms with van der Waals surface area (Å²) in [5.74, 6) is 0.810. The number of hydrogen-bond acceptors (Lipinski definition) is 4. The maximum absolute atomic E-state index is 9.94. The summed E-state index contributed by atoms with van der Waals surface area (Å²) in [4.78, 5) is 0. The molecular weight excluding hydrogens is 254 g/mol. The number of aryl methyl sites for hydroxylation is 2. The number of aliphatic hydroxyl groups is 2. The van der Waals surface area contributed by atoms with Gasteiger partial charge < -0.3 is 20.3 Å². The van der Waals surface area contributed by atoms with E-state index in [9.17, 15) is 5.11 Å². The Morgan fingerprint density at radius 1 is 1.30 bits per heavy atom. The maximum atomic E-state index is 9.94. The highest BCUT2D eigenvalue weighted by Crippen LogP contribution is 2.18. The van der Waals surface area contributed by atoms with Crippen molar-refractivity contribution in [1.29, 1.82) is 0 Å². The van der Waals surface area contributed by atoms with Gasteiger partial charge in [-0.15, -0.1) is 0 Å². The van der Waals surface area contributed by atoms with E-state index in [1.807, 2.05) is 39.8 Å². The summed E-state index contributed by atoms with van der Waals surface area (Å²) in [5.41, 5.74) is 2.09. The van der Waals surface area contributed by atoms with Gasteiger partial charge in [0.25, 0.3) is 0 Å². The Morgan fingerprint density at radius 3 is 2.60 bits per heavy atom. The lowest BCUT2D eigenvalue weighted by Gasteiger charge is -2.27. The molecule has 0 radical (unpaired) electrons. The van der Waals surface area contributed by atoms with Crippen molar-refractivity contribution in [2.45, 2.75) is 45.8 Å². The molecule has 4 heteroatoms. The third-order valence-electron chi connectivity index (χ3n) is 3.31. The zero-order chi connectivity index (χ0) is 15.2. The molecule has 0 spiro atoms. The van der Waals surface area contributed by atoms with Crippen molar-refractivity contribution in [2.24, 2.45) is 0 Å². The Kier molecular flexibility index (Phi) is 6.46. The second-order valence-electron chi connectivity index (χ2n) is 5.97. The largest absolute Gasteiger partial charge is 0.491 e. The summed E-state index contributed by atoms with van der Waals surface area (Å²) in [6.07, 6.45) is 0.0751. The lowest BCUT2D eigenvalue weighted by atomic mass is 10.0.